The van der Waals surface area contributed by atoms with E-state index in [0.717, 1.165) is 18.2 Å². The Hall–Kier alpha value is -2.26. The Kier molecular flexibility index (Phi) is 4.34. The molecule has 9 heteroatoms. The number of nitro benzene ring substituents is 1. The standard InChI is InChI=1S/C12H12FN3O4S/c13-10-4-3-5-11(12(10)16(17)18)21(19,20)14-6-9-15-7-1-2-8-15/h1-5,7-8,14H,6,9H2. The Balaban J connectivity index is 2.20. The first-order chi connectivity index (χ1) is 9.92. The quantitative estimate of drug-likeness (QED) is 0.646. The summed E-state index contributed by atoms with van der Waals surface area (Å²) in [7, 11) is -4.16. The lowest BCUT2D eigenvalue weighted by Crippen LogP contribution is -2.28. The summed E-state index contributed by atoms with van der Waals surface area (Å²) in [5, 5.41) is 10.8. The number of nitrogens with zero attached hydrogens (tertiary/aromatic N) is 2. The van der Waals surface area contributed by atoms with Crippen LogP contribution in [0.4, 0.5) is 10.1 Å². The summed E-state index contributed by atoms with van der Waals surface area (Å²) in [6.07, 6.45) is 3.50. The van der Waals surface area contributed by atoms with Gasteiger partial charge in [-0.05, 0) is 24.3 Å². The maximum atomic E-state index is 13.4. The minimum absolute atomic E-state index is 0.0324. The monoisotopic (exact) mass is 313 g/mol. The van der Waals surface area contributed by atoms with Crippen molar-refractivity contribution in [2.24, 2.45) is 0 Å². The van der Waals surface area contributed by atoms with Gasteiger partial charge in [0.15, 0.2) is 4.90 Å². The van der Waals surface area contributed by atoms with Crippen molar-refractivity contribution < 1.29 is 17.7 Å². The van der Waals surface area contributed by atoms with Gasteiger partial charge in [0.2, 0.25) is 15.8 Å². The van der Waals surface area contributed by atoms with Gasteiger partial charge >= 0.3 is 5.69 Å². The van der Waals surface area contributed by atoms with E-state index in [1.54, 1.807) is 29.1 Å². The van der Waals surface area contributed by atoms with Crippen LogP contribution in [0.5, 0.6) is 0 Å². The molecule has 1 N–H and O–H groups in total. The first-order valence-corrected chi connectivity index (χ1v) is 7.43. The number of rotatable bonds is 6. The van der Waals surface area contributed by atoms with E-state index in [2.05, 4.69) is 4.72 Å². The SMILES string of the molecule is O=[N+]([O-])c1c(F)cccc1S(=O)(=O)NCCn1cccc1. The van der Waals surface area contributed by atoms with Crippen LogP contribution in [-0.4, -0.2) is 24.5 Å². The Bertz CT molecular complexity index is 744. The van der Waals surface area contributed by atoms with Gasteiger partial charge in [-0.3, -0.25) is 10.1 Å². The predicted molar refractivity (Wildman–Crippen MR) is 72.7 cm³/mol. The largest absolute Gasteiger partial charge is 0.353 e. The highest BCUT2D eigenvalue weighted by molar-refractivity contribution is 7.89. The van der Waals surface area contributed by atoms with Gasteiger partial charge in [0.05, 0.1) is 4.92 Å². The molecule has 0 atom stereocenters. The number of hydrogen-bond donors (Lipinski definition) is 1. The van der Waals surface area contributed by atoms with Gasteiger partial charge in [0, 0.05) is 25.5 Å². The van der Waals surface area contributed by atoms with Crippen molar-refractivity contribution in [3.63, 3.8) is 0 Å². The second-order valence-corrected chi connectivity index (χ2v) is 5.90. The Morgan fingerprint density at radius 3 is 2.52 bits per heavy atom. The fourth-order valence-corrected chi connectivity index (χ4v) is 3.00. The lowest BCUT2D eigenvalue weighted by molar-refractivity contribution is -0.390. The predicted octanol–water partition coefficient (Wildman–Crippen LogP) is 1.51. The van der Waals surface area contributed by atoms with E-state index in [9.17, 15) is 22.9 Å². The van der Waals surface area contributed by atoms with Crippen molar-refractivity contribution >= 4 is 15.7 Å². The molecule has 0 fully saturated rings. The molecule has 1 heterocycles. The van der Waals surface area contributed by atoms with E-state index >= 15 is 0 Å². The molecular formula is C12H12FN3O4S. The van der Waals surface area contributed by atoms with Crippen LogP contribution in [0.25, 0.3) is 0 Å². The Morgan fingerprint density at radius 2 is 1.90 bits per heavy atom. The number of nitro groups is 1. The number of sulfonamides is 1. The Morgan fingerprint density at radius 1 is 1.24 bits per heavy atom. The molecule has 0 unspecified atom stereocenters. The van der Waals surface area contributed by atoms with Gasteiger partial charge < -0.3 is 4.57 Å². The average molecular weight is 313 g/mol. The lowest BCUT2D eigenvalue weighted by Gasteiger charge is -2.08. The van der Waals surface area contributed by atoms with Gasteiger partial charge in [0.25, 0.3) is 0 Å². The fourth-order valence-electron chi connectivity index (χ4n) is 1.80. The second-order valence-electron chi connectivity index (χ2n) is 4.16. The highest BCUT2D eigenvalue weighted by atomic mass is 32.2. The molecule has 0 aliphatic rings. The van der Waals surface area contributed by atoms with Gasteiger partial charge in [-0.15, -0.1) is 0 Å². The fraction of sp³-hybridized carbons (Fsp3) is 0.167. The minimum atomic E-state index is -4.16. The summed E-state index contributed by atoms with van der Waals surface area (Å²) in [4.78, 5) is 9.09. The summed E-state index contributed by atoms with van der Waals surface area (Å²) in [5.41, 5.74) is -1.05. The van der Waals surface area contributed by atoms with E-state index in [0.29, 0.717) is 6.54 Å². The van der Waals surface area contributed by atoms with E-state index in [4.69, 9.17) is 0 Å². The van der Waals surface area contributed by atoms with Crippen LogP contribution in [0.2, 0.25) is 0 Å². The van der Waals surface area contributed by atoms with Crippen LogP contribution < -0.4 is 4.72 Å². The average Bonchev–Trinajstić information content (AvgIpc) is 2.91. The Labute approximate surface area is 120 Å². The lowest BCUT2D eigenvalue weighted by atomic mass is 10.3. The van der Waals surface area contributed by atoms with Crippen molar-refractivity contribution in [1.29, 1.82) is 0 Å². The van der Waals surface area contributed by atoms with Gasteiger partial charge in [-0.1, -0.05) is 6.07 Å². The number of para-hydroxylation sites is 1. The normalized spacial score (nSPS) is 11.5. The molecule has 0 amide bonds. The number of benzene rings is 1. The van der Waals surface area contributed by atoms with E-state index < -0.39 is 31.3 Å². The van der Waals surface area contributed by atoms with E-state index in [1.807, 2.05) is 0 Å². The first-order valence-electron chi connectivity index (χ1n) is 5.95. The zero-order chi connectivity index (χ0) is 15.5. The summed E-state index contributed by atoms with van der Waals surface area (Å²) >= 11 is 0. The highest BCUT2D eigenvalue weighted by Crippen LogP contribution is 2.26. The first kappa shape index (κ1) is 15.1. The van der Waals surface area contributed by atoms with Crippen molar-refractivity contribution in [2.45, 2.75) is 11.4 Å². The molecule has 0 saturated heterocycles. The van der Waals surface area contributed by atoms with Crippen LogP contribution in [0.3, 0.4) is 0 Å². The van der Waals surface area contributed by atoms with Crippen molar-refractivity contribution in [3.8, 4) is 0 Å². The molecule has 0 aliphatic heterocycles. The summed E-state index contributed by atoms with van der Waals surface area (Å²) in [5.74, 6) is -1.19. The molecule has 0 aliphatic carbocycles. The molecule has 0 spiro atoms. The second kappa shape index (κ2) is 6.02. The van der Waals surface area contributed by atoms with Crippen LogP contribution >= 0.6 is 0 Å². The third-order valence-electron chi connectivity index (χ3n) is 2.75. The third-order valence-corrected chi connectivity index (χ3v) is 4.24. The van der Waals surface area contributed by atoms with Gasteiger partial charge in [0.1, 0.15) is 0 Å². The van der Waals surface area contributed by atoms with Crippen molar-refractivity contribution in [1.82, 2.24) is 9.29 Å². The minimum Gasteiger partial charge on any atom is -0.353 e. The molecular weight excluding hydrogens is 301 g/mol. The highest BCUT2D eigenvalue weighted by Gasteiger charge is 2.28. The zero-order valence-corrected chi connectivity index (χ0v) is 11.6. The van der Waals surface area contributed by atoms with E-state index in [-0.39, 0.29) is 6.54 Å². The molecule has 0 radical (unpaired) electrons. The van der Waals surface area contributed by atoms with Crippen LogP contribution in [0.15, 0.2) is 47.6 Å². The molecule has 112 valence electrons. The number of hydrogen-bond acceptors (Lipinski definition) is 4. The number of aromatic nitrogens is 1. The molecule has 0 saturated carbocycles. The van der Waals surface area contributed by atoms with Crippen LogP contribution in [0.1, 0.15) is 0 Å². The molecule has 21 heavy (non-hydrogen) atoms. The van der Waals surface area contributed by atoms with Gasteiger partial charge in [-0.2, -0.15) is 4.39 Å². The van der Waals surface area contributed by atoms with Crippen LogP contribution in [0, 0.1) is 15.9 Å². The number of halogens is 1. The molecule has 2 rings (SSSR count). The van der Waals surface area contributed by atoms with Crippen molar-refractivity contribution in [3.05, 3.63) is 58.7 Å². The topological polar surface area (TPSA) is 94.2 Å². The van der Waals surface area contributed by atoms with Crippen molar-refractivity contribution in [2.75, 3.05) is 6.54 Å². The number of nitrogens with one attached hydrogen (secondary N) is 1. The zero-order valence-electron chi connectivity index (χ0n) is 10.8. The molecule has 2 aromatic rings. The molecule has 1 aromatic carbocycles. The summed E-state index contributed by atoms with van der Waals surface area (Å²) in [6, 6.07) is 6.52. The maximum absolute atomic E-state index is 13.4. The molecule has 0 bridgehead atoms. The molecule has 7 nitrogen and oxygen atoms in total. The maximum Gasteiger partial charge on any atom is 0.324 e. The summed E-state index contributed by atoms with van der Waals surface area (Å²) in [6.45, 7) is 0.389. The molecule has 1 aromatic heterocycles. The van der Waals surface area contributed by atoms with E-state index in [1.165, 1.54) is 0 Å². The van der Waals surface area contributed by atoms with Crippen LogP contribution in [-0.2, 0) is 16.6 Å². The summed E-state index contributed by atoms with van der Waals surface area (Å²) < 4.78 is 41.5. The smallest absolute Gasteiger partial charge is 0.324 e. The van der Waals surface area contributed by atoms with Gasteiger partial charge in [-0.25, -0.2) is 13.1 Å². The third kappa shape index (κ3) is 3.44.